The minimum Gasteiger partial charge on any atom is -0.444 e. The van der Waals surface area contributed by atoms with E-state index in [0.717, 1.165) is 5.56 Å². The summed E-state index contributed by atoms with van der Waals surface area (Å²) >= 11 is 0. The highest BCUT2D eigenvalue weighted by molar-refractivity contribution is 5.88. The van der Waals surface area contributed by atoms with Crippen LogP contribution in [-0.4, -0.2) is 41.8 Å². The number of likely N-dealkylation sites (tertiary alicyclic amines) is 1. The van der Waals surface area contributed by atoms with E-state index >= 15 is 0 Å². The van der Waals surface area contributed by atoms with E-state index in [2.05, 4.69) is 5.32 Å². The topological polar surface area (TPSA) is 58.6 Å². The molecule has 1 heterocycles. The number of nitrogens with zero attached hydrogens (tertiary/aromatic N) is 1. The summed E-state index contributed by atoms with van der Waals surface area (Å²) in [7, 11) is 0. The van der Waals surface area contributed by atoms with Crippen LogP contribution in [0.3, 0.4) is 0 Å². The van der Waals surface area contributed by atoms with Crippen molar-refractivity contribution in [2.75, 3.05) is 13.2 Å². The van der Waals surface area contributed by atoms with Crippen LogP contribution in [0.1, 0.15) is 26.3 Å². The standard InChI is InChI=1S/C17H23FN2O3/c1-17(2,3)23-16(22)19-14-13(9-18)11-20(15(14)21)10-12-7-5-4-6-8-12/h4-8,13-14H,9-11H2,1-3H3,(H,19,22)/t13-,14-/m0/s1. The Labute approximate surface area is 135 Å². The summed E-state index contributed by atoms with van der Waals surface area (Å²) in [6.07, 6.45) is -0.698. The van der Waals surface area contributed by atoms with Gasteiger partial charge in [-0.05, 0) is 26.3 Å². The fourth-order valence-electron chi connectivity index (χ4n) is 2.58. The van der Waals surface area contributed by atoms with Crippen LogP contribution in [0.25, 0.3) is 0 Å². The van der Waals surface area contributed by atoms with E-state index in [0.29, 0.717) is 6.54 Å². The molecule has 1 aromatic rings. The summed E-state index contributed by atoms with van der Waals surface area (Å²) < 4.78 is 18.4. The van der Waals surface area contributed by atoms with Crippen molar-refractivity contribution >= 4 is 12.0 Å². The normalized spacial score (nSPS) is 21.4. The fraction of sp³-hybridized carbons (Fsp3) is 0.529. The first-order chi connectivity index (χ1) is 10.8. The van der Waals surface area contributed by atoms with Crippen molar-refractivity contribution in [3.63, 3.8) is 0 Å². The van der Waals surface area contributed by atoms with E-state index in [1.807, 2.05) is 30.3 Å². The number of halogens is 1. The largest absolute Gasteiger partial charge is 0.444 e. The van der Waals surface area contributed by atoms with Gasteiger partial charge < -0.3 is 15.0 Å². The lowest BCUT2D eigenvalue weighted by molar-refractivity contribution is -0.130. The molecule has 1 N–H and O–H groups in total. The van der Waals surface area contributed by atoms with E-state index in [1.165, 1.54) is 0 Å². The lowest BCUT2D eigenvalue weighted by Gasteiger charge is -2.22. The van der Waals surface area contributed by atoms with Crippen molar-refractivity contribution in [1.29, 1.82) is 0 Å². The second-order valence-corrected chi connectivity index (χ2v) is 6.74. The van der Waals surface area contributed by atoms with Gasteiger partial charge in [0.05, 0.1) is 6.67 Å². The molecule has 0 bridgehead atoms. The van der Waals surface area contributed by atoms with Gasteiger partial charge in [0.15, 0.2) is 0 Å². The highest BCUT2D eigenvalue weighted by Crippen LogP contribution is 2.22. The van der Waals surface area contributed by atoms with Gasteiger partial charge in [-0.15, -0.1) is 0 Å². The van der Waals surface area contributed by atoms with Crippen molar-refractivity contribution in [3.8, 4) is 0 Å². The molecular weight excluding hydrogens is 299 g/mol. The van der Waals surface area contributed by atoms with Crippen LogP contribution < -0.4 is 5.32 Å². The average Bonchev–Trinajstić information content (AvgIpc) is 2.75. The molecule has 6 heteroatoms. The lowest BCUT2D eigenvalue weighted by atomic mass is 10.1. The number of carbonyl (C=O) groups is 2. The molecule has 2 atom stereocenters. The number of amides is 2. The molecular formula is C17H23FN2O3. The number of ether oxygens (including phenoxy) is 1. The average molecular weight is 322 g/mol. The smallest absolute Gasteiger partial charge is 0.408 e. The van der Waals surface area contributed by atoms with Gasteiger partial charge in [-0.1, -0.05) is 30.3 Å². The molecule has 1 aliphatic rings. The molecule has 2 amide bonds. The molecule has 5 nitrogen and oxygen atoms in total. The first-order valence-corrected chi connectivity index (χ1v) is 7.68. The first kappa shape index (κ1) is 17.2. The van der Waals surface area contributed by atoms with Gasteiger partial charge in [-0.25, -0.2) is 4.79 Å². The van der Waals surface area contributed by atoms with Crippen LogP contribution in [-0.2, 0) is 16.1 Å². The van der Waals surface area contributed by atoms with Crippen molar-refractivity contribution in [2.24, 2.45) is 5.92 Å². The Hall–Kier alpha value is -2.11. The zero-order valence-electron chi connectivity index (χ0n) is 13.7. The number of carbonyl (C=O) groups excluding carboxylic acids is 2. The Balaban J connectivity index is 2.02. The number of hydrogen-bond acceptors (Lipinski definition) is 3. The Morgan fingerprint density at radius 3 is 2.57 bits per heavy atom. The van der Waals surface area contributed by atoms with Crippen LogP contribution in [0.15, 0.2) is 30.3 Å². The third-order valence-electron chi connectivity index (χ3n) is 3.59. The number of benzene rings is 1. The summed E-state index contributed by atoms with van der Waals surface area (Å²) in [5.41, 5.74) is 0.303. The Morgan fingerprint density at radius 1 is 1.35 bits per heavy atom. The maximum Gasteiger partial charge on any atom is 0.408 e. The number of hydrogen-bond donors (Lipinski definition) is 1. The monoisotopic (exact) mass is 322 g/mol. The highest BCUT2D eigenvalue weighted by Gasteiger charge is 2.41. The van der Waals surface area contributed by atoms with Gasteiger partial charge in [0.25, 0.3) is 0 Å². The van der Waals surface area contributed by atoms with Crippen LogP contribution in [0.5, 0.6) is 0 Å². The molecule has 0 radical (unpaired) electrons. The van der Waals surface area contributed by atoms with Gasteiger partial charge in [0.1, 0.15) is 11.6 Å². The summed E-state index contributed by atoms with van der Waals surface area (Å²) in [5.74, 6) is -0.832. The number of alkyl halides is 1. The lowest BCUT2D eigenvalue weighted by Crippen LogP contribution is -2.46. The summed E-state index contributed by atoms with van der Waals surface area (Å²) in [6.45, 7) is 5.22. The van der Waals surface area contributed by atoms with Crippen LogP contribution in [0.2, 0.25) is 0 Å². The molecule has 0 saturated carbocycles. The van der Waals surface area contributed by atoms with Crippen molar-refractivity contribution in [3.05, 3.63) is 35.9 Å². The quantitative estimate of drug-likeness (QED) is 0.926. The minimum atomic E-state index is -0.876. The van der Waals surface area contributed by atoms with Gasteiger partial charge in [-0.2, -0.15) is 0 Å². The zero-order valence-corrected chi connectivity index (χ0v) is 13.7. The van der Waals surface area contributed by atoms with Gasteiger partial charge >= 0.3 is 6.09 Å². The number of alkyl carbamates (subject to hydrolysis) is 1. The van der Waals surface area contributed by atoms with E-state index < -0.39 is 30.3 Å². The predicted molar refractivity (Wildman–Crippen MR) is 84.5 cm³/mol. The third kappa shape index (κ3) is 4.68. The van der Waals surface area contributed by atoms with Crippen LogP contribution in [0.4, 0.5) is 9.18 Å². The molecule has 126 valence electrons. The number of rotatable bonds is 4. The summed E-state index contributed by atoms with van der Waals surface area (Å²) in [4.78, 5) is 25.9. The molecule has 23 heavy (non-hydrogen) atoms. The fourth-order valence-corrected chi connectivity index (χ4v) is 2.58. The van der Waals surface area contributed by atoms with E-state index in [1.54, 1.807) is 25.7 Å². The highest BCUT2D eigenvalue weighted by atomic mass is 19.1. The Morgan fingerprint density at radius 2 is 2.00 bits per heavy atom. The molecule has 0 aromatic heterocycles. The maximum atomic E-state index is 13.3. The summed E-state index contributed by atoms with van der Waals surface area (Å²) in [5, 5.41) is 2.51. The van der Waals surface area contributed by atoms with Crippen LogP contribution in [0, 0.1) is 5.92 Å². The molecule has 0 aliphatic carbocycles. The van der Waals surface area contributed by atoms with Gasteiger partial charge in [0, 0.05) is 19.0 Å². The number of nitrogens with one attached hydrogen (secondary N) is 1. The summed E-state index contributed by atoms with van der Waals surface area (Å²) in [6, 6.07) is 8.61. The molecule has 1 fully saturated rings. The molecule has 0 spiro atoms. The van der Waals surface area contributed by atoms with Crippen LogP contribution >= 0.6 is 0 Å². The Kier molecular flexibility index (Phi) is 5.23. The molecule has 1 saturated heterocycles. The molecule has 1 aliphatic heterocycles. The molecule has 0 unspecified atom stereocenters. The Bertz CT molecular complexity index is 557. The zero-order chi connectivity index (χ0) is 17.0. The first-order valence-electron chi connectivity index (χ1n) is 7.68. The molecule has 1 aromatic carbocycles. The minimum absolute atomic E-state index is 0.276. The van der Waals surface area contributed by atoms with E-state index in [4.69, 9.17) is 4.74 Å². The van der Waals surface area contributed by atoms with Crippen molar-refractivity contribution in [1.82, 2.24) is 10.2 Å². The van der Waals surface area contributed by atoms with E-state index in [9.17, 15) is 14.0 Å². The van der Waals surface area contributed by atoms with Crippen molar-refractivity contribution in [2.45, 2.75) is 39.0 Å². The second-order valence-electron chi connectivity index (χ2n) is 6.74. The van der Waals surface area contributed by atoms with Gasteiger partial charge in [-0.3, -0.25) is 9.18 Å². The predicted octanol–water partition coefficient (Wildman–Crippen LogP) is 2.51. The maximum absolute atomic E-state index is 13.3. The molecule has 2 rings (SSSR count). The SMILES string of the molecule is CC(C)(C)OC(=O)N[C@@H]1C(=O)N(Cc2ccccc2)C[C@@H]1CF. The third-order valence-corrected chi connectivity index (χ3v) is 3.59. The second kappa shape index (κ2) is 6.98. The van der Waals surface area contributed by atoms with Gasteiger partial charge in [0.2, 0.25) is 5.91 Å². The van der Waals surface area contributed by atoms with Crippen molar-refractivity contribution < 1.29 is 18.7 Å². The van der Waals surface area contributed by atoms with E-state index in [-0.39, 0.29) is 12.5 Å².